The molecule has 0 spiro atoms. The summed E-state index contributed by atoms with van der Waals surface area (Å²) in [6.45, 7) is 5.63. The first-order valence-electron chi connectivity index (χ1n) is 18.0. The molecule has 15 heteroatoms. The zero-order valence-electron chi connectivity index (χ0n) is 30.8. The van der Waals surface area contributed by atoms with E-state index in [2.05, 4.69) is 0 Å². The number of ether oxygens (including phenoxy) is 12. The number of unbranched alkanes of at least 4 members (excludes halogenated alkanes) is 1. The average Bonchev–Trinajstić information content (AvgIpc) is 3.18. The third kappa shape index (κ3) is 25.9. The van der Waals surface area contributed by atoms with Crippen molar-refractivity contribution < 1.29 is 71.2 Å². The van der Waals surface area contributed by atoms with Crippen molar-refractivity contribution in [2.45, 2.75) is 45.1 Å². The average molecular weight is 753 g/mol. The number of carbonyl (C=O) groups excluding carboxylic acids is 3. The monoisotopic (exact) mass is 752 g/mol. The first-order valence-corrected chi connectivity index (χ1v) is 18.0. The van der Waals surface area contributed by atoms with Gasteiger partial charge >= 0.3 is 17.9 Å². The van der Waals surface area contributed by atoms with Gasteiger partial charge in [-0.3, -0.25) is 4.79 Å². The van der Waals surface area contributed by atoms with E-state index in [-0.39, 0.29) is 72.6 Å². The zero-order valence-corrected chi connectivity index (χ0v) is 30.8. The molecule has 2 rings (SSSR count). The van der Waals surface area contributed by atoms with E-state index in [9.17, 15) is 14.4 Å². The van der Waals surface area contributed by atoms with Crippen LogP contribution in [-0.4, -0.2) is 130 Å². The highest BCUT2D eigenvalue weighted by atomic mass is 16.7. The van der Waals surface area contributed by atoms with Gasteiger partial charge in [0.05, 0.1) is 65.0 Å². The number of hydrogen-bond acceptors (Lipinski definition) is 15. The van der Waals surface area contributed by atoms with E-state index in [4.69, 9.17) is 56.8 Å². The molecule has 0 radical (unpaired) electrons. The predicted molar refractivity (Wildman–Crippen MR) is 190 cm³/mol. The molecule has 0 heterocycles. The maximum Gasteiger partial charge on any atom is 0.338 e. The summed E-state index contributed by atoms with van der Waals surface area (Å²) in [7, 11) is 0. The van der Waals surface area contributed by atoms with Crippen LogP contribution in [0.25, 0.3) is 0 Å². The van der Waals surface area contributed by atoms with Gasteiger partial charge < -0.3 is 56.8 Å². The third-order valence-electron chi connectivity index (χ3n) is 6.85. The molecule has 0 N–H and O–H groups in total. The standard InChI is InChI=1S/C38H56O15/c1-2-11-35(53-32-48-23-20-44-25-28-50-37(40)33-12-5-3-6-13-33)38(41)51-29-26-43-18-21-46-30-45-17-10-9-16-36(39)49-27-24-42-19-22-47-31-52-34-14-7-4-8-15-34/h3-8,12-15,35H,2,9-11,16-32H2,1H3. The van der Waals surface area contributed by atoms with Crippen LogP contribution in [-0.2, 0) is 61.7 Å². The number of hydrogen-bond donors (Lipinski definition) is 0. The Morgan fingerprint density at radius 2 is 1.06 bits per heavy atom. The first-order chi connectivity index (χ1) is 26.1. The topological polar surface area (TPSA) is 162 Å². The van der Waals surface area contributed by atoms with Crippen LogP contribution in [0.3, 0.4) is 0 Å². The molecule has 0 aliphatic heterocycles. The highest BCUT2D eigenvalue weighted by Gasteiger charge is 2.20. The van der Waals surface area contributed by atoms with Gasteiger partial charge in [0.1, 0.15) is 39.2 Å². The Labute approximate surface area is 312 Å². The Balaban J connectivity index is 1.29. The summed E-state index contributed by atoms with van der Waals surface area (Å²) in [6, 6.07) is 18.1. The largest absolute Gasteiger partial charge is 0.468 e. The molecule has 2 aromatic carbocycles. The zero-order chi connectivity index (χ0) is 37.9. The summed E-state index contributed by atoms with van der Waals surface area (Å²) in [5.74, 6) is -0.422. The minimum absolute atomic E-state index is 0.0816. The van der Waals surface area contributed by atoms with Crippen molar-refractivity contribution in [2.24, 2.45) is 0 Å². The molecule has 15 nitrogen and oxygen atoms in total. The van der Waals surface area contributed by atoms with Gasteiger partial charge in [0.15, 0.2) is 12.9 Å². The molecule has 0 bridgehead atoms. The van der Waals surface area contributed by atoms with Crippen molar-refractivity contribution in [1.29, 1.82) is 0 Å². The van der Waals surface area contributed by atoms with Crippen LogP contribution in [0.1, 0.15) is 49.4 Å². The lowest BCUT2D eigenvalue weighted by atomic mass is 10.2. The maximum atomic E-state index is 12.4. The summed E-state index contributed by atoms with van der Waals surface area (Å²) in [4.78, 5) is 36.1. The fourth-order valence-electron chi connectivity index (χ4n) is 4.15. The molecular formula is C38H56O15. The normalized spacial score (nSPS) is 11.6. The quantitative estimate of drug-likeness (QED) is 0.0423. The SMILES string of the molecule is CCCC(OCOCCOCCOC(=O)c1ccccc1)C(=O)OCCOCCOCOCCCCC(=O)OCCOCCOCOc1ccccc1. The molecule has 0 fully saturated rings. The van der Waals surface area contributed by atoms with E-state index < -0.39 is 18.0 Å². The number of esters is 3. The molecular weight excluding hydrogens is 696 g/mol. The molecule has 0 amide bonds. The van der Waals surface area contributed by atoms with Gasteiger partial charge in [-0.2, -0.15) is 0 Å². The Bertz CT molecular complexity index is 1170. The summed E-state index contributed by atoms with van der Waals surface area (Å²) < 4.78 is 64.2. The van der Waals surface area contributed by atoms with Crippen LogP contribution in [0.4, 0.5) is 0 Å². The number of carbonyl (C=O) groups is 3. The van der Waals surface area contributed by atoms with Gasteiger partial charge in [0.25, 0.3) is 0 Å². The predicted octanol–water partition coefficient (Wildman–Crippen LogP) is 4.35. The molecule has 0 saturated heterocycles. The molecule has 0 saturated carbocycles. The molecule has 0 aliphatic rings. The lowest BCUT2D eigenvalue weighted by Crippen LogP contribution is -2.29. The fourth-order valence-corrected chi connectivity index (χ4v) is 4.15. The first kappa shape index (κ1) is 45.5. The number of para-hydroxylation sites is 1. The molecule has 1 atom stereocenters. The van der Waals surface area contributed by atoms with Crippen LogP contribution in [0, 0.1) is 0 Å². The number of benzene rings is 2. The smallest absolute Gasteiger partial charge is 0.338 e. The molecule has 1 unspecified atom stereocenters. The van der Waals surface area contributed by atoms with Gasteiger partial charge in [-0.25, -0.2) is 9.59 Å². The highest BCUT2D eigenvalue weighted by molar-refractivity contribution is 5.89. The van der Waals surface area contributed by atoms with Crippen LogP contribution in [0.15, 0.2) is 60.7 Å². The summed E-state index contributed by atoms with van der Waals surface area (Å²) >= 11 is 0. The van der Waals surface area contributed by atoms with Gasteiger partial charge in [-0.05, 0) is 43.5 Å². The minimum Gasteiger partial charge on any atom is -0.468 e. The van der Waals surface area contributed by atoms with E-state index in [1.165, 1.54) is 0 Å². The molecule has 0 aliphatic carbocycles. The Hall–Kier alpha value is -3.67. The molecule has 0 aromatic heterocycles. The van der Waals surface area contributed by atoms with Crippen molar-refractivity contribution in [2.75, 3.05) is 106 Å². The van der Waals surface area contributed by atoms with Gasteiger partial charge in [0, 0.05) is 13.0 Å². The lowest BCUT2D eigenvalue weighted by molar-refractivity contribution is -0.170. The van der Waals surface area contributed by atoms with E-state index in [1.807, 2.05) is 43.3 Å². The van der Waals surface area contributed by atoms with E-state index in [0.29, 0.717) is 70.9 Å². The third-order valence-corrected chi connectivity index (χ3v) is 6.85. The van der Waals surface area contributed by atoms with Crippen LogP contribution < -0.4 is 4.74 Å². The van der Waals surface area contributed by atoms with Crippen molar-refractivity contribution in [3.63, 3.8) is 0 Å². The fraction of sp³-hybridized carbons (Fsp3) is 0.605. The van der Waals surface area contributed by atoms with Gasteiger partial charge in [-0.15, -0.1) is 0 Å². The van der Waals surface area contributed by atoms with Crippen LogP contribution in [0.5, 0.6) is 5.75 Å². The molecule has 53 heavy (non-hydrogen) atoms. The van der Waals surface area contributed by atoms with E-state index in [0.717, 1.165) is 12.2 Å². The second-order valence-electron chi connectivity index (χ2n) is 11.1. The highest BCUT2D eigenvalue weighted by Crippen LogP contribution is 2.08. The van der Waals surface area contributed by atoms with Crippen molar-refractivity contribution in [3.05, 3.63) is 66.2 Å². The van der Waals surface area contributed by atoms with Crippen molar-refractivity contribution >= 4 is 17.9 Å². The lowest BCUT2D eigenvalue weighted by Gasteiger charge is -2.16. The Morgan fingerprint density at radius 3 is 1.72 bits per heavy atom. The Morgan fingerprint density at radius 1 is 0.528 bits per heavy atom. The van der Waals surface area contributed by atoms with Gasteiger partial charge in [-0.1, -0.05) is 49.7 Å². The molecule has 298 valence electrons. The molecule has 2 aromatic rings. The van der Waals surface area contributed by atoms with Crippen LogP contribution >= 0.6 is 0 Å². The minimum atomic E-state index is -0.743. The summed E-state index contributed by atoms with van der Waals surface area (Å²) in [6.07, 6.45) is 2.11. The van der Waals surface area contributed by atoms with Crippen LogP contribution in [0.2, 0.25) is 0 Å². The summed E-state index contributed by atoms with van der Waals surface area (Å²) in [5, 5.41) is 0. The van der Waals surface area contributed by atoms with Gasteiger partial charge in [0.2, 0.25) is 0 Å². The second kappa shape index (κ2) is 32.9. The number of rotatable bonds is 35. The maximum absolute atomic E-state index is 12.4. The van der Waals surface area contributed by atoms with Crippen molar-refractivity contribution in [1.82, 2.24) is 0 Å². The Kier molecular flexibility index (Phi) is 28.3. The van der Waals surface area contributed by atoms with Crippen molar-refractivity contribution in [3.8, 4) is 5.75 Å². The summed E-state index contributed by atoms with van der Waals surface area (Å²) in [5.41, 5.74) is 0.486. The van der Waals surface area contributed by atoms with E-state index in [1.54, 1.807) is 24.3 Å². The second-order valence-corrected chi connectivity index (χ2v) is 11.1. The van der Waals surface area contributed by atoms with E-state index >= 15 is 0 Å².